The maximum atomic E-state index is 8.98. The molecule has 0 saturated carbocycles. The highest BCUT2D eigenvalue weighted by Gasteiger charge is 2.07. The summed E-state index contributed by atoms with van der Waals surface area (Å²) < 4.78 is 5.04. The van der Waals surface area contributed by atoms with Crippen LogP contribution in [0.4, 0.5) is 5.69 Å². The molecule has 0 amide bonds. The van der Waals surface area contributed by atoms with Crippen LogP contribution in [0.2, 0.25) is 0 Å². The van der Waals surface area contributed by atoms with Crippen LogP contribution in [0.5, 0.6) is 0 Å². The molecule has 0 bridgehead atoms. The maximum Gasteiger partial charge on any atom is 0.101 e. The van der Waals surface area contributed by atoms with Crippen molar-refractivity contribution in [1.82, 2.24) is 0 Å². The van der Waals surface area contributed by atoms with Crippen LogP contribution in [0.15, 0.2) is 24.3 Å². The Hall–Kier alpha value is -1.53. The number of hydrogen-bond acceptors (Lipinski definition) is 3. The third-order valence-electron chi connectivity index (χ3n) is 2.31. The molecule has 0 fully saturated rings. The molecule has 0 heterocycles. The second kappa shape index (κ2) is 6.05. The molecule has 0 unspecified atom stereocenters. The smallest absolute Gasteiger partial charge is 0.101 e. The van der Waals surface area contributed by atoms with E-state index in [1.54, 1.807) is 7.11 Å². The minimum Gasteiger partial charge on any atom is -0.383 e. The van der Waals surface area contributed by atoms with E-state index in [-0.39, 0.29) is 0 Å². The van der Waals surface area contributed by atoms with Gasteiger partial charge in [0.2, 0.25) is 0 Å². The zero-order valence-corrected chi connectivity index (χ0v) is 9.23. The molecule has 80 valence electrons. The fraction of sp³-hybridized carbons (Fsp3) is 0.417. The van der Waals surface area contributed by atoms with Gasteiger partial charge in [0, 0.05) is 20.2 Å². The van der Waals surface area contributed by atoms with Gasteiger partial charge in [0.1, 0.15) is 6.07 Å². The second-order valence-corrected chi connectivity index (χ2v) is 3.20. The number of methoxy groups -OCH3 is 1. The Morgan fingerprint density at radius 3 is 2.73 bits per heavy atom. The summed E-state index contributed by atoms with van der Waals surface area (Å²) in [5.74, 6) is 0. The van der Waals surface area contributed by atoms with Gasteiger partial charge >= 0.3 is 0 Å². The zero-order chi connectivity index (χ0) is 11.1. The SMILES string of the molecule is CCN(CCOC)c1ccccc1C#N. The molecule has 0 radical (unpaired) electrons. The standard InChI is InChI=1S/C12H16N2O/c1-3-14(8-9-15-2)12-7-5-4-6-11(12)10-13/h4-7H,3,8-9H2,1-2H3. The molecule has 0 atom stereocenters. The van der Waals surface area contributed by atoms with E-state index in [2.05, 4.69) is 17.9 Å². The zero-order valence-electron chi connectivity index (χ0n) is 9.23. The van der Waals surface area contributed by atoms with E-state index in [4.69, 9.17) is 10.00 Å². The van der Waals surface area contributed by atoms with Crippen molar-refractivity contribution in [3.63, 3.8) is 0 Å². The summed E-state index contributed by atoms with van der Waals surface area (Å²) in [4.78, 5) is 2.14. The first-order valence-corrected chi connectivity index (χ1v) is 5.06. The van der Waals surface area contributed by atoms with Gasteiger partial charge in [-0.15, -0.1) is 0 Å². The van der Waals surface area contributed by atoms with Crippen molar-refractivity contribution >= 4 is 5.69 Å². The number of anilines is 1. The minimum atomic E-state index is 0.674. The lowest BCUT2D eigenvalue weighted by Crippen LogP contribution is -2.27. The van der Waals surface area contributed by atoms with Crippen LogP contribution in [-0.2, 0) is 4.74 Å². The van der Waals surface area contributed by atoms with Gasteiger partial charge in [-0.25, -0.2) is 0 Å². The molecular weight excluding hydrogens is 188 g/mol. The van der Waals surface area contributed by atoms with Crippen LogP contribution in [0, 0.1) is 11.3 Å². The van der Waals surface area contributed by atoms with Crippen molar-refractivity contribution in [2.24, 2.45) is 0 Å². The normalized spacial score (nSPS) is 9.67. The number of nitrogens with zero attached hydrogens (tertiary/aromatic N) is 2. The predicted octanol–water partition coefficient (Wildman–Crippen LogP) is 2.03. The molecule has 15 heavy (non-hydrogen) atoms. The molecule has 0 aromatic heterocycles. The molecule has 1 aromatic carbocycles. The van der Waals surface area contributed by atoms with E-state index in [0.29, 0.717) is 6.61 Å². The number of likely N-dealkylation sites (N-methyl/N-ethyl adjacent to an activating group) is 1. The maximum absolute atomic E-state index is 8.98. The summed E-state index contributed by atoms with van der Waals surface area (Å²) in [6.45, 7) is 4.44. The Morgan fingerprint density at radius 1 is 1.40 bits per heavy atom. The first-order valence-electron chi connectivity index (χ1n) is 5.06. The fourth-order valence-electron chi connectivity index (χ4n) is 1.49. The van der Waals surface area contributed by atoms with Crippen LogP contribution in [-0.4, -0.2) is 26.8 Å². The number of benzene rings is 1. The Morgan fingerprint density at radius 2 is 2.13 bits per heavy atom. The largest absolute Gasteiger partial charge is 0.383 e. The van der Waals surface area contributed by atoms with E-state index in [0.717, 1.165) is 24.3 Å². The number of ether oxygens (including phenoxy) is 1. The Kier molecular flexibility index (Phi) is 4.65. The predicted molar refractivity (Wildman–Crippen MR) is 60.9 cm³/mol. The van der Waals surface area contributed by atoms with Gasteiger partial charge < -0.3 is 9.64 Å². The van der Waals surface area contributed by atoms with E-state index >= 15 is 0 Å². The monoisotopic (exact) mass is 204 g/mol. The van der Waals surface area contributed by atoms with E-state index in [9.17, 15) is 0 Å². The van der Waals surface area contributed by atoms with Crippen LogP contribution in [0.1, 0.15) is 12.5 Å². The number of rotatable bonds is 5. The van der Waals surface area contributed by atoms with Crippen LogP contribution >= 0.6 is 0 Å². The van der Waals surface area contributed by atoms with Gasteiger partial charge in [0.05, 0.1) is 17.9 Å². The fourth-order valence-corrected chi connectivity index (χ4v) is 1.49. The van der Waals surface area contributed by atoms with E-state index in [1.807, 2.05) is 24.3 Å². The van der Waals surface area contributed by atoms with Gasteiger partial charge in [-0.2, -0.15) is 5.26 Å². The van der Waals surface area contributed by atoms with Crippen molar-refractivity contribution in [3.05, 3.63) is 29.8 Å². The molecule has 0 N–H and O–H groups in total. The first kappa shape index (κ1) is 11.5. The number of hydrogen-bond donors (Lipinski definition) is 0. The van der Waals surface area contributed by atoms with Crippen molar-refractivity contribution in [3.8, 4) is 6.07 Å². The van der Waals surface area contributed by atoms with Gasteiger partial charge in [0.15, 0.2) is 0 Å². The quantitative estimate of drug-likeness (QED) is 0.736. The summed E-state index contributed by atoms with van der Waals surface area (Å²) in [6.07, 6.45) is 0. The molecule has 1 aromatic rings. The van der Waals surface area contributed by atoms with Crippen molar-refractivity contribution in [2.75, 3.05) is 31.7 Å². The third kappa shape index (κ3) is 2.97. The highest BCUT2D eigenvalue weighted by Crippen LogP contribution is 2.18. The van der Waals surface area contributed by atoms with Crippen molar-refractivity contribution < 1.29 is 4.74 Å². The molecule has 3 heteroatoms. The summed E-state index contributed by atoms with van der Waals surface area (Å²) in [6, 6.07) is 9.84. The van der Waals surface area contributed by atoms with Gasteiger partial charge in [0.25, 0.3) is 0 Å². The van der Waals surface area contributed by atoms with Gasteiger partial charge in [-0.1, -0.05) is 12.1 Å². The lowest BCUT2D eigenvalue weighted by molar-refractivity contribution is 0.205. The summed E-state index contributed by atoms with van der Waals surface area (Å²) in [5, 5.41) is 8.98. The lowest BCUT2D eigenvalue weighted by Gasteiger charge is -2.23. The second-order valence-electron chi connectivity index (χ2n) is 3.20. The Balaban J connectivity index is 2.86. The Bertz CT molecular complexity index is 344. The molecule has 0 saturated heterocycles. The van der Waals surface area contributed by atoms with Crippen molar-refractivity contribution in [1.29, 1.82) is 5.26 Å². The molecular formula is C12H16N2O. The van der Waals surface area contributed by atoms with Crippen LogP contribution < -0.4 is 4.90 Å². The molecule has 0 spiro atoms. The lowest BCUT2D eigenvalue weighted by atomic mass is 10.2. The van der Waals surface area contributed by atoms with Crippen molar-refractivity contribution in [2.45, 2.75) is 6.92 Å². The average molecular weight is 204 g/mol. The Labute approximate surface area is 90.9 Å². The molecule has 0 aliphatic rings. The molecule has 0 aliphatic carbocycles. The van der Waals surface area contributed by atoms with E-state index < -0.39 is 0 Å². The number of nitriles is 1. The number of para-hydroxylation sites is 1. The van der Waals surface area contributed by atoms with Gasteiger partial charge in [-0.3, -0.25) is 0 Å². The summed E-state index contributed by atoms with van der Waals surface area (Å²) in [7, 11) is 1.68. The highest BCUT2D eigenvalue weighted by atomic mass is 16.5. The van der Waals surface area contributed by atoms with Gasteiger partial charge in [-0.05, 0) is 19.1 Å². The molecule has 3 nitrogen and oxygen atoms in total. The molecule has 1 rings (SSSR count). The minimum absolute atomic E-state index is 0.674. The third-order valence-corrected chi connectivity index (χ3v) is 2.31. The topological polar surface area (TPSA) is 36.3 Å². The summed E-state index contributed by atoms with van der Waals surface area (Å²) >= 11 is 0. The highest BCUT2D eigenvalue weighted by molar-refractivity contribution is 5.59. The summed E-state index contributed by atoms with van der Waals surface area (Å²) in [5.41, 5.74) is 1.70. The average Bonchev–Trinajstić information content (AvgIpc) is 2.30. The first-order chi connectivity index (χ1) is 7.33. The van der Waals surface area contributed by atoms with Crippen LogP contribution in [0.25, 0.3) is 0 Å². The van der Waals surface area contributed by atoms with E-state index in [1.165, 1.54) is 0 Å². The molecule has 0 aliphatic heterocycles. The van der Waals surface area contributed by atoms with Crippen LogP contribution in [0.3, 0.4) is 0 Å².